The van der Waals surface area contributed by atoms with E-state index in [9.17, 15) is 13.2 Å². The fraction of sp³-hybridized carbons (Fsp3) is 0.440. The number of aromatic nitrogens is 6. The zero-order valence-corrected chi connectivity index (χ0v) is 21.9. The number of nitrogens with zero attached hydrogens (tertiary/aromatic N) is 6. The first-order valence-corrected chi connectivity index (χ1v) is 15.7. The Bertz CT molecular complexity index is 1410. The molecule has 0 atom stereocenters. The standard InChI is InChI=1S/C25H29F3N6OSi/c1-16-30-23(19-13-29-34(24(19)31-16)15-35-11-12-36(2,3)4)21-20-9-10-25(27,28)14-33(20)32-22(21)17-5-7-18(26)8-6-17/h5-8,13H,9-12,14-15H2,1-4H3. The monoisotopic (exact) mass is 514 g/mol. The molecule has 36 heavy (non-hydrogen) atoms. The Morgan fingerprint density at radius 1 is 1.08 bits per heavy atom. The molecule has 0 saturated carbocycles. The number of aryl methyl sites for hydroxylation is 1. The average molecular weight is 515 g/mol. The molecule has 0 radical (unpaired) electrons. The predicted octanol–water partition coefficient (Wildman–Crippen LogP) is 5.70. The van der Waals surface area contributed by atoms with E-state index in [1.807, 2.05) is 0 Å². The summed E-state index contributed by atoms with van der Waals surface area (Å²) >= 11 is 0. The van der Waals surface area contributed by atoms with Crippen molar-refractivity contribution in [1.82, 2.24) is 29.5 Å². The second-order valence-electron chi connectivity index (χ2n) is 10.5. The smallest absolute Gasteiger partial charge is 0.267 e. The molecule has 11 heteroatoms. The van der Waals surface area contributed by atoms with E-state index >= 15 is 0 Å². The Hall–Kier alpha value is -3.05. The molecule has 0 amide bonds. The van der Waals surface area contributed by atoms with Gasteiger partial charge in [0.2, 0.25) is 0 Å². The molecule has 1 aromatic carbocycles. The normalized spacial score (nSPS) is 15.4. The summed E-state index contributed by atoms with van der Waals surface area (Å²) in [7, 11) is -1.22. The van der Waals surface area contributed by atoms with Gasteiger partial charge in [0, 0.05) is 32.4 Å². The Morgan fingerprint density at radius 2 is 1.83 bits per heavy atom. The minimum absolute atomic E-state index is 0.148. The molecule has 4 heterocycles. The Morgan fingerprint density at radius 3 is 2.56 bits per heavy atom. The third-order valence-electron chi connectivity index (χ3n) is 6.34. The van der Waals surface area contributed by atoms with E-state index in [0.29, 0.717) is 51.7 Å². The van der Waals surface area contributed by atoms with Crippen LogP contribution >= 0.6 is 0 Å². The molecule has 0 N–H and O–H groups in total. The van der Waals surface area contributed by atoms with Crippen molar-refractivity contribution in [3.05, 3.63) is 47.8 Å². The number of halogens is 3. The quantitative estimate of drug-likeness (QED) is 0.234. The molecule has 3 aromatic heterocycles. The van der Waals surface area contributed by atoms with Crippen molar-refractivity contribution in [2.24, 2.45) is 0 Å². The van der Waals surface area contributed by atoms with Gasteiger partial charge in [-0.05, 0) is 43.7 Å². The van der Waals surface area contributed by atoms with Crippen molar-refractivity contribution < 1.29 is 17.9 Å². The summed E-state index contributed by atoms with van der Waals surface area (Å²) in [4.78, 5) is 9.32. The van der Waals surface area contributed by atoms with Gasteiger partial charge >= 0.3 is 0 Å². The lowest BCUT2D eigenvalue weighted by molar-refractivity contribution is -0.0377. The number of fused-ring (bicyclic) bond motifs is 2. The largest absolute Gasteiger partial charge is 0.359 e. The van der Waals surface area contributed by atoms with E-state index in [2.05, 4.69) is 34.8 Å². The van der Waals surface area contributed by atoms with Crippen molar-refractivity contribution in [3.63, 3.8) is 0 Å². The van der Waals surface area contributed by atoms with E-state index in [0.717, 1.165) is 6.04 Å². The molecular weight excluding hydrogens is 485 g/mol. The number of alkyl halides is 2. The molecule has 0 fully saturated rings. The van der Waals surface area contributed by atoms with Crippen LogP contribution in [0.1, 0.15) is 17.9 Å². The van der Waals surface area contributed by atoms with E-state index in [1.54, 1.807) is 29.9 Å². The molecule has 0 spiro atoms. The summed E-state index contributed by atoms with van der Waals surface area (Å²) < 4.78 is 51.1. The van der Waals surface area contributed by atoms with Gasteiger partial charge in [-0.2, -0.15) is 10.2 Å². The molecule has 0 unspecified atom stereocenters. The minimum Gasteiger partial charge on any atom is -0.359 e. The van der Waals surface area contributed by atoms with Crippen molar-refractivity contribution in [2.75, 3.05) is 6.61 Å². The Kier molecular flexibility index (Phi) is 6.23. The van der Waals surface area contributed by atoms with Gasteiger partial charge in [0.15, 0.2) is 5.65 Å². The molecule has 0 aliphatic carbocycles. The van der Waals surface area contributed by atoms with Crippen LogP contribution in [0.2, 0.25) is 25.7 Å². The average Bonchev–Trinajstić information content (AvgIpc) is 3.36. The van der Waals surface area contributed by atoms with Crippen LogP contribution in [0.3, 0.4) is 0 Å². The molecular formula is C25H29F3N6OSi. The molecule has 4 aromatic rings. The Balaban J connectivity index is 1.61. The van der Waals surface area contributed by atoms with Crippen molar-refractivity contribution in [1.29, 1.82) is 0 Å². The third kappa shape index (κ3) is 4.94. The Labute approximate surface area is 208 Å². The van der Waals surface area contributed by atoms with Crippen molar-refractivity contribution in [3.8, 4) is 22.5 Å². The van der Waals surface area contributed by atoms with Gasteiger partial charge in [-0.3, -0.25) is 4.68 Å². The topological polar surface area (TPSA) is 70.7 Å². The highest BCUT2D eigenvalue weighted by atomic mass is 28.3. The second-order valence-corrected chi connectivity index (χ2v) is 16.2. The van der Waals surface area contributed by atoms with Crippen LogP contribution in [0.5, 0.6) is 0 Å². The number of benzene rings is 1. The van der Waals surface area contributed by atoms with E-state index < -0.39 is 20.5 Å². The van der Waals surface area contributed by atoms with Gasteiger partial charge in [0.1, 0.15) is 30.6 Å². The second kappa shape index (κ2) is 9.11. The first-order chi connectivity index (χ1) is 17.0. The van der Waals surface area contributed by atoms with Gasteiger partial charge in [0.25, 0.3) is 5.92 Å². The molecule has 0 bridgehead atoms. The first-order valence-electron chi connectivity index (χ1n) is 12.0. The zero-order valence-electron chi connectivity index (χ0n) is 20.9. The minimum atomic E-state index is -2.84. The van der Waals surface area contributed by atoms with E-state index in [-0.39, 0.29) is 25.4 Å². The summed E-state index contributed by atoms with van der Waals surface area (Å²) in [5.41, 5.74) is 3.64. The molecule has 5 rings (SSSR count). The number of ether oxygens (including phenoxy) is 1. The van der Waals surface area contributed by atoms with Crippen molar-refractivity contribution in [2.45, 2.75) is 64.6 Å². The predicted molar refractivity (Wildman–Crippen MR) is 134 cm³/mol. The summed E-state index contributed by atoms with van der Waals surface area (Å²) in [6.07, 6.45) is 1.56. The van der Waals surface area contributed by atoms with Gasteiger partial charge in [-0.1, -0.05) is 19.6 Å². The summed E-state index contributed by atoms with van der Waals surface area (Å²) in [5.74, 6) is -2.70. The van der Waals surface area contributed by atoms with Crippen LogP contribution in [0.15, 0.2) is 30.5 Å². The maximum atomic E-state index is 14.3. The van der Waals surface area contributed by atoms with Gasteiger partial charge in [-0.25, -0.2) is 27.8 Å². The lowest BCUT2D eigenvalue weighted by Crippen LogP contribution is -2.31. The molecule has 190 valence electrons. The highest BCUT2D eigenvalue weighted by molar-refractivity contribution is 6.76. The molecule has 1 aliphatic heterocycles. The van der Waals surface area contributed by atoms with Gasteiger partial charge < -0.3 is 4.74 Å². The lowest BCUT2D eigenvalue weighted by atomic mass is 9.96. The molecule has 7 nitrogen and oxygen atoms in total. The summed E-state index contributed by atoms with van der Waals surface area (Å²) in [5, 5.41) is 9.74. The van der Waals surface area contributed by atoms with Crippen LogP contribution in [0.25, 0.3) is 33.5 Å². The number of hydrogen-bond acceptors (Lipinski definition) is 5. The maximum absolute atomic E-state index is 14.3. The van der Waals surface area contributed by atoms with Crippen LogP contribution in [-0.4, -0.2) is 50.1 Å². The van der Waals surface area contributed by atoms with Gasteiger partial charge in [0.05, 0.1) is 22.8 Å². The number of hydrogen-bond donors (Lipinski definition) is 0. The molecule has 1 aliphatic rings. The maximum Gasteiger partial charge on any atom is 0.267 e. The van der Waals surface area contributed by atoms with Crippen LogP contribution in [0.4, 0.5) is 13.2 Å². The van der Waals surface area contributed by atoms with E-state index in [1.165, 1.54) is 16.8 Å². The van der Waals surface area contributed by atoms with Gasteiger partial charge in [-0.15, -0.1) is 0 Å². The summed E-state index contributed by atoms with van der Waals surface area (Å²) in [6, 6.07) is 6.92. The van der Waals surface area contributed by atoms with Crippen LogP contribution in [-0.2, 0) is 24.4 Å². The fourth-order valence-electron chi connectivity index (χ4n) is 4.42. The SMILES string of the molecule is Cc1nc(-c2c(-c3ccc(F)cc3)nn3c2CCC(F)(F)C3)c2cnn(COCC[Si](C)(C)C)c2n1. The number of rotatable bonds is 7. The van der Waals surface area contributed by atoms with Crippen LogP contribution < -0.4 is 0 Å². The first kappa shape index (κ1) is 24.6. The summed E-state index contributed by atoms with van der Waals surface area (Å²) in [6.45, 7) is 9.07. The highest BCUT2D eigenvalue weighted by Gasteiger charge is 2.38. The zero-order chi connectivity index (χ0) is 25.7. The lowest BCUT2D eigenvalue weighted by Gasteiger charge is -2.23. The van der Waals surface area contributed by atoms with Crippen molar-refractivity contribution >= 4 is 19.1 Å². The fourth-order valence-corrected chi connectivity index (χ4v) is 5.18. The highest BCUT2D eigenvalue weighted by Crippen LogP contribution is 2.41. The third-order valence-corrected chi connectivity index (χ3v) is 8.04. The van der Waals surface area contributed by atoms with E-state index in [4.69, 9.17) is 9.72 Å². The molecule has 0 saturated heterocycles. The van der Waals surface area contributed by atoms with Crippen LogP contribution in [0, 0.1) is 12.7 Å².